The van der Waals surface area contributed by atoms with Crippen LogP contribution in [-0.4, -0.2) is 10.9 Å². The average molecular weight is 379 g/mol. The Hall–Kier alpha value is -2.46. The first kappa shape index (κ1) is 19.3. The average Bonchev–Trinajstić information content (AvgIpc) is 3.02. The molecule has 0 fully saturated rings. The summed E-state index contributed by atoms with van der Waals surface area (Å²) in [6.07, 6.45) is 1.38. The molecule has 1 aromatic heterocycles. The lowest BCUT2D eigenvalue weighted by molar-refractivity contribution is -0.115. The molecule has 1 heterocycles. The van der Waals surface area contributed by atoms with Crippen LogP contribution in [0.2, 0.25) is 0 Å². The lowest BCUT2D eigenvalue weighted by atomic mass is 9.97. The zero-order valence-electron chi connectivity index (χ0n) is 16.4. The Labute approximate surface area is 165 Å². The topological polar surface area (TPSA) is 42.0 Å². The molecule has 0 saturated carbocycles. The molecule has 4 heteroatoms. The fourth-order valence-electron chi connectivity index (χ4n) is 3.13. The number of benzene rings is 2. The Morgan fingerprint density at radius 1 is 1.11 bits per heavy atom. The summed E-state index contributed by atoms with van der Waals surface area (Å²) in [7, 11) is 0. The van der Waals surface area contributed by atoms with Gasteiger partial charge in [-0.15, -0.1) is 11.3 Å². The molecule has 140 valence electrons. The van der Waals surface area contributed by atoms with E-state index in [0.29, 0.717) is 12.3 Å². The third-order valence-corrected chi connectivity index (χ3v) is 5.80. The van der Waals surface area contributed by atoms with Gasteiger partial charge in [-0.2, -0.15) is 0 Å². The monoisotopic (exact) mass is 378 g/mol. The first-order valence-electron chi connectivity index (χ1n) is 9.40. The highest BCUT2D eigenvalue weighted by Gasteiger charge is 2.16. The van der Waals surface area contributed by atoms with Gasteiger partial charge >= 0.3 is 0 Å². The molecule has 1 N–H and O–H groups in total. The van der Waals surface area contributed by atoms with Crippen molar-refractivity contribution in [2.24, 2.45) is 0 Å². The number of carbonyl (C=O) groups is 1. The quantitative estimate of drug-likeness (QED) is 0.561. The van der Waals surface area contributed by atoms with Crippen molar-refractivity contribution in [3.05, 3.63) is 69.5 Å². The predicted octanol–water partition coefficient (Wildman–Crippen LogP) is 6.12. The summed E-state index contributed by atoms with van der Waals surface area (Å²) < 4.78 is 0. The smallest absolute Gasteiger partial charge is 0.229 e. The van der Waals surface area contributed by atoms with Gasteiger partial charge in [0.15, 0.2) is 0 Å². The van der Waals surface area contributed by atoms with Crippen molar-refractivity contribution in [2.75, 3.05) is 5.32 Å². The molecule has 3 rings (SSSR count). The zero-order valence-corrected chi connectivity index (χ0v) is 17.2. The Balaban J connectivity index is 1.81. The third kappa shape index (κ3) is 4.64. The molecule has 0 aliphatic rings. The number of anilines is 1. The summed E-state index contributed by atoms with van der Waals surface area (Å²) in [5.41, 5.74) is 5.30. The second kappa shape index (κ2) is 8.49. The van der Waals surface area contributed by atoms with E-state index in [9.17, 15) is 4.79 Å². The number of nitrogens with zero attached hydrogens (tertiary/aromatic N) is 1. The molecule has 1 unspecified atom stereocenters. The number of thiazole rings is 1. The van der Waals surface area contributed by atoms with Crippen molar-refractivity contribution < 1.29 is 4.79 Å². The number of hydrogen-bond acceptors (Lipinski definition) is 3. The van der Waals surface area contributed by atoms with E-state index >= 15 is 0 Å². The maximum atomic E-state index is 12.8. The standard InChI is InChI=1S/C23H26N2OS/c1-5-16(3)19-8-6-7-9-20(19)25-22(26)14-21-23(24-17(4)27-21)18-12-10-15(2)11-13-18/h6-13,16H,5,14H2,1-4H3,(H,25,26). The maximum absolute atomic E-state index is 12.8. The first-order chi connectivity index (χ1) is 13.0. The number of aromatic nitrogens is 1. The highest BCUT2D eigenvalue weighted by atomic mass is 32.1. The van der Waals surface area contributed by atoms with Gasteiger partial charge in [0, 0.05) is 16.1 Å². The minimum Gasteiger partial charge on any atom is -0.326 e. The highest BCUT2D eigenvalue weighted by molar-refractivity contribution is 7.12. The molecule has 0 aliphatic heterocycles. The van der Waals surface area contributed by atoms with Crippen LogP contribution in [0.5, 0.6) is 0 Å². The van der Waals surface area contributed by atoms with Gasteiger partial charge in [0.2, 0.25) is 5.91 Å². The molecular formula is C23H26N2OS. The predicted molar refractivity (Wildman–Crippen MR) is 115 cm³/mol. The number of para-hydroxylation sites is 1. The molecular weight excluding hydrogens is 352 g/mol. The van der Waals surface area contributed by atoms with Gasteiger partial charge in [0.05, 0.1) is 17.1 Å². The molecule has 0 saturated heterocycles. The van der Waals surface area contributed by atoms with Gasteiger partial charge in [-0.3, -0.25) is 4.79 Å². The van der Waals surface area contributed by atoms with E-state index in [-0.39, 0.29) is 5.91 Å². The van der Waals surface area contributed by atoms with E-state index < -0.39 is 0 Å². The van der Waals surface area contributed by atoms with E-state index in [1.165, 1.54) is 11.1 Å². The Kier molecular flexibility index (Phi) is 6.07. The SMILES string of the molecule is CCC(C)c1ccccc1NC(=O)Cc1sc(C)nc1-c1ccc(C)cc1. The number of hydrogen-bond donors (Lipinski definition) is 1. The summed E-state index contributed by atoms with van der Waals surface area (Å²) in [5.74, 6) is 0.415. The van der Waals surface area contributed by atoms with Crippen LogP contribution in [0.1, 0.15) is 47.2 Å². The summed E-state index contributed by atoms with van der Waals surface area (Å²) in [6.45, 7) is 8.41. The number of aryl methyl sites for hydroxylation is 2. The van der Waals surface area contributed by atoms with E-state index in [2.05, 4.69) is 61.4 Å². The van der Waals surface area contributed by atoms with E-state index in [0.717, 1.165) is 33.3 Å². The molecule has 1 amide bonds. The van der Waals surface area contributed by atoms with Crippen molar-refractivity contribution in [2.45, 2.75) is 46.5 Å². The van der Waals surface area contributed by atoms with Crippen LogP contribution in [0.15, 0.2) is 48.5 Å². The van der Waals surface area contributed by atoms with Gasteiger partial charge in [0.1, 0.15) is 0 Å². The number of amides is 1. The van der Waals surface area contributed by atoms with Crippen molar-refractivity contribution >= 4 is 22.9 Å². The van der Waals surface area contributed by atoms with Crippen molar-refractivity contribution in [1.29, 1.82) is 0 Å². The van der Waals surface area contributed by atoms with Crippen LogP contribution in [0.3, 0.4) is 0 Å². The molecule has 0 radical (unpaired) electrons. The number of nitrogens with one attached hydrogen (secondary N) is 1. The fourth-order valence-corrected chi connectivity index (χ4v) is 4.08. The van der Waals surface area contributed by atoms with Crippen LogP contribution in [-0.2, 0) is 11.2 Å². The largest absolute Gasteiger partial charge is 0.326 e. The summed E-state index contributed by atoms with van der Waals surface area (Å²) in [6, 6.07) is 16.4. The van der Waals surface area contributed by atoms with Crippen LogP contribution in [0.25, 0.3) is 11.3 Å². The van der Waals surface area contributed by atoms with Gasteiger partial charge in [-0.05, 0) is 37.8 Å². The van der Waals surface area contributed by atoms with Gasteiger partial charge in [-0.25, -0.2) is 4.98 Å². The molecule has 0 aliphatic carbocycles. The Bertz CT molecular complexity index is 928. The maximum Gasteiger partial charge on any atom is 0.229 e. The molecule has 2 aromatic carbocycles. The van der Waals surface area contributed by atoms with Gasteiger partial charge in [-0.1, -0.05) is 61.9 Å². The lowest BCUT2D eigenvalue weighted by Gasteiger charge is -2.15. The number of rotatable bonds is 6. The van der Waals surface area contributed by atoms with Crippen molar-refractivity contribution in [1.82, 2.24) is 4.98 Å². The second-order valence-electron chi connectivity index (χ2n) is 6.99. The van der Waals surface area contributed by atoms with Crippen LogP contribution < -0.4 is 5.32 Å². The molecule has 1 atom stereocenters. The molecule has 0 bridgehead atoms. The fraction of sp³-hybridized carbons (Fsp3) is 0.304. The Morgan fingerprint density at radius 2 is 1.81 bits per heavy atom. The van der Waals surface area contributed by atoms with Gasteiger partial charge < -0.3 is 5.32 Å². The van der Waals surface area contributed by atoms with Crippen molar-refractivity contribution in [3.63, 3.8) is 0 Å². The molecule has 3 nitrogen and oxygen atoms in total. The summed E-state index contributed by atoms with van der Waals surface area (Å²) >= 11 is 1.60. The summed E-state index contributed by atoms with van der Waals surface area (Å²) in [5, 5.41) is 4.09. The minimum absolute atomic E-state index is 0.00256. The summed E-state index contributed by atoms with van der Waals surface area (Å²) in [4.78, 5) is 18.4. The van der Waals surface area contributed by atoms with Crippen LogP contribution >= 0.6 is 11.3 Å². The van der Waals surface area contributed by atoms with Crippen molar-refractivity contribution in [3.8, 4) is 11.3 Å². The Morgan fingerprint density at radius 3 is 2.52 bits per heavy atom. The van der Waals surface area contributed by atoms with E-state index in [4.69, 9.17) is 0 Å². The van der Waals surface area contributed by atoms with Crippen LogP contribution in [0.4, 0.5) is 5.69 Å². The molecule has 27 heavy (non-hydrogen) atoms. The number of carbonyl (C=O) groups excluding carboxylic acids is 1. The normalized spacial score (nSPS) is 12.0. The third-order valence-electron chi connectivity index (χ3n) is 4.83. The first-order valence-corrected chi connectivity index (χ1v) is 10.2. The zero-order chi connectivity index (χ0) is 19.4. The van der Waals surface area contributed by atoms with Crippen LogP contribution in [0, 0.1) is 13.8 Å². The van der Waals surface area contributed by atoms with E-state index in [1.54, 1.807) is 11.3 Å². The highest BCUT2D eigenvalue weighted by Crippen LogP contribution is 2.30. The van der Waals surface area contributed by atoms with E-state index in [1.807, 2.05) is 25.1 Å². The molecule has 3 aromatic rings. The van der Waals surface area contributed by atoms with Gasteiger partial charge in [0.25, 0.3) is 0 Å². The lowest BCUT2D eigenvalue weighted by Crippen LogP contribution is -2.16. The minimum atomic E-state index is 0.00256. The second-order valence-corrected chi connectivity index (χ2v) is 8.28. The molecule has 0 spiro atoms.